The third kappa shape index (κ3) is 3.91. The number of nitrogens with zero attached hydrogens (tertiary/aromatic N) is 1. The van der Waals surface area contributed by atoms with Gasteiger partial charge in [0, 0.05) is 29.1 Å². The number of hydrogen-bond acceptors (Lipinski definition) is 4. The molecule has 1 aromatic heterocycles. The highest BCUT2D eigenvalue weighted by Gasteiger charge is 2.15. The number of phenols is 1. The Labute approximate surface area is 150 Å². The second-order valence-electron chi connectivity index (χ2n) is 5.82. The zero-order valence-corrected chi connectivity index (χ0v) is 13.8. The first kappa shape index (κ1) is 17.3. The first-order valence-corrected chi connectivity index (χ1v) is 8.01. The smallest absolute Gasteiger partial charge is 0.263 e. The number of carbonyl (C=O) groups is 1. The molecule has 3 rings (SSSR count). The van der Waals surface area contributed by atoms with Crippen molar-refractivity contribution in [2.24, 2.45) is 0 Å². The molecule has 3 aromatic rings. The number of aliphatic hydroxyl groups excluding tert-OH is 1. The van der Waals surface area contributed by atoms with Gasteiger partial charge in [0.25, 0.3) is 5.91 Å². The lowest BCUT2D eigenvalue weighted by molar-refractivity contribution is -0.119. The van der Waals surface area contributed by atoms with Crippen LogP contribution in [0.4, 0.5) is 0 Å². The zero-order valence-electron chi connectivity index (χ0n) is 13.8. The van der Waals surface area contributed by atoms with Crippen molar-refractivity contribution in [1.29, 1.82) is 5.26 Å². The summed E-state index contributed by atoms with van der Waals surface area (Å²) in [4.78, 5) is 15.3. The van der Waals surface area contributed by atoms with E-state index in [1.165, 1.54) is 6.08 Å². The molecule has 0 bridgehead atoms. The van der Waals surface area contributed by atoms with E-state index in [1.54, 1.807) is 24.4 Å². The molecular weight excluding hydrogens is 330 g/mol. The fourth-order valence-electron chi connectivity index (χ4n) is 2.67. The van der Waals surface area contributed by atoms with Crippen molar-refractivity contribution in [2.75, 3.05) is 0 Å². The Morgan fingerprint density at radius 1 is 1.27 bits per heavy atom. The highest BCUT2D eigenvalue weighted by atomic mass is 16.3. The van der Waals surface area contributed by atoms with Crippen LogP contribution in [0.25, 0.3) is 17.0 Å². The molecule has 0 saturated heterocycles. The molecule has 0 aliphatic heterocycles. The average molecular weight is 347 g/mol. The fourth-order valence-corrected chi connectivity index (χ4v) is 2.67. The van der Waals surface area contributed by atoms with Crippen molar-refractivity contribution in [1.82, 2.24) is 10.3 Å². The average Bonchev–Trinajstić information content (AvgIpc) is 3.02. The van der Waals surface area contributed by atoms with Crippen LogP contribution in [0.15, 0.2) is 60.3 Å². The van der Waals surface area contributed by atoms with Crippen LogP contribution in [0.1, 0.15) is 11.1 Å². The predicted molar refractivity (Wildman–Crippen MR) is 97.8 cm³/mol. The second-order valence-corrected chi connectivity index (χ2v) is 5.82. The van der Waals surface area contributed by atoms with Crippen LogP contribution in [-0.2, 0) is 11.2 Å². The number of aromatic nitrogens is 1. The Hall–Kier alpha value is -3.56. The molecule has 26 heavy (non-hydrogen) atoms. The quantitative estimate of drug-likeness (QED) is 0.323. The Morgan fingerprint density at radius 3 is 2.77 bits per heavy atom. The molecule has 0 spiro atoms. The normalized spacial score (nSPS) is 12.5. The molecule has 0 saturated carbocycles. The lowest BCUT2D eigenvalue weighted by atomic mass is 10.1. The molecule has 4 N–H and O–H groups in total. The summed E-state index contributed by atoms with van der Waals surface area (Å²) in [5.41, 5.74) is 2.10. The third-order valence-corrected chi connectivity index (χ3v) is 3.93. The largest absolute Gasteiger partial charge is 0.508 e. The maximum absolute atomic E-state index is 12.3. The second kappa shape index (κ2) is 7.55. The number of carbonyl (C=O) groups excluding carboxylic acids is 1. The summed E-state index contributed by atoms with van der Waals surface area (Å²) in [6.07, 6.45) is 2.21. The number of phenolic OH excluding ortho intramolecular Hbond substituents is 1. The van der Waals surface area contributed by atoms with Crippen LogP contribution in [0.3, 0.4) is 0 Å². The van der Waals surface area contributed by atoms with Crippen LogP contribution in [0.2, 0.25) is 0 Å². The summed E-state index contributed by atoms with van der Waals surface area (Å²) in [6, 6.07) is 15.9. The maximum Gasteiger partial charge on any atom is 0.263 e. The van der Waals surface area contributed by atoms with Gasteiger partial charge in [0.2, 0.25) is 0 Å². The zero-order chi connectivity index (χ0) is 18.5. The number of aromatic amines is 1. The van der Waals surface area contributed by atoms with Gasteiger partial charge >= 0.3 is 0 Å². The molecule has 130 valence electrons. The predicted octanol–water partition coefficient (Wildman–Crippen LogP) is 2.46. The standard InChI is InChI=1S/C20H17N3O3/c21-11-14(9-15-12-22-18-7-6-16(24)10-17(15)18)20(26)23-19(25)8-13-4-2-1-3-5-13/h1-7,9-10,12,19,22,24-25H,8H2,(H,23,26). The summed E-state index contributed by atoms with van der Waals surface area (Å²) in [5.74, 6) is -0.571. The minimum atomic E-state index is -1.10. The number of nitrogens with one attached hydrogen (secondary N) is 2. The summed E-state index contributed by atoms with van der Waals surface area (Å²) in [7, 11) is 0. The van der Waals surface area contributed by atoms with Crippen LogP contribution < -0.4 is 5.32 Å². The fraction of sp³-hybridized carbons (Fsp3) is 0.100. The van der Waals surface area contributed by atoms with Crippen LogP contribution in [-0.4, -0.2) is 27.3 Å². The molecule has 6 nitrogen and oxygen atoms in total. The molecule has 1 amide bonds. The summed E-state index contributed by atoms with van der Waals surface area (Å²) >= 11 is 0. The number of fused-ring (bicyclic) bond motifs is 1. The van der Waals surface area contributed by atoms with Crippen molar-refractivity contribution in [2.45, 2.75) is 12.6 Å². The van der Waals surface area contributed by atoms with Gasteiger partial charge in [0.15, 0.2) is 0 Å². The molecule has 1 atom stereocenters. The Morgan fingerprint density at radius 2 is 2.04 bits per heavy atom. The van der Waals surface area contributed by atoms with Crippen LogP contribution in [0.5, 0.6) is 5.75 Å². The SMILES string of the molecule is N#CC(=Cc1c[nH]c2ccc(O)cc12)C(=O)NC(O)Cc1ccccc1. The van der Waals surface area contributed by atoms with Crippen LogP contribution >= 0.6 is 0 Å². The first-order valence-electron chi connectivity index (χ1n) is 8.01. The van der Waals surface area contributed by atoms with E-state index in [-0.39, 0.29) is 17.7 Å². The number of amides is 1. The van der Waals surface area contributed by atoms with E-state index in [0.717, 1.165) is 11.1 Å². The first-order chi connectivity index (χ1) is 12.6. The van der Waals surface area contributed by atoms with E-state index < -0.39 is 12.1 Å². The molecule has 1 heterocycles. The molecule has 0 aliphatic rings. The van der Waals surface area contributed by atoms with Gasteiger partial charge in [-0.1, -0.05) is 30.3 Å². The number of aliphatic hydroxyl groups is 1. The van der Waals surface area contributed by atoms with Gasteiger partial charge in [-0.2, -0.15) is 5.26 Å². The topological polar surface area (TPSA) is 109 Å². The monoisotopic (exact) mass is 347 g/mol. The van der Waals surface area contributed by atoms with Gasteiger partial charge in [-0.25, -0.2) is 0 Å². The van der Waals surface area contributed by atoms with Crippen LogP contribution in [0, 0.1) is 11.3 Å². The lowest BCUT2D eigenvalue weighted by Gasteiger charge is -2.12. The molecule has 1 unspecified atom stereocenters. The number of nitriles is 1. The molecule has 0 radical (unpaired) electrons. The van der Waals surface area contributed by atoms with E-state index in [0.29, 0.717) is 10.9 Å². The van der Waals surface area contributed by atoms with E-state index in [4.69, 9.17) is 0 Å². The number of H-pyrrole nitrogens is 1. The van der Waals surface area contributed by atoms with Gasteiger partial charge in [0.05, 0.1) is 0 Å². The van der Waals surface area contributed by atoms with E-state index in [2.05, 4.69) is 10.3 Å². The highest BCUT2D eigenvalue weighted by molar-refractivity contribution is 6.04. The minimum Gasteiger partial charge on any atom is -0.508 e. The minimum absolute atomic E-state index is 0.0907. The van der Waals surface area contributed by atoms with Gasteiger partial charge < -0.3 is 20.5 Å². The Kier molecular flexibility index (Phi) is 5.02. The van der Waals surface area contributed by atoms with Gasteiger partial charge in [-0.3, -0.25) is 4.79 Å². The summed E-state index contributed by atoms with van der Waals surface area (Å²) < 4.78 is 0. The van der Waals surface area contributed by atoms with Crippen molar-refractivity contribution in [3.05, 3.63) is 71.4 Å². The number of benzene rings is 2. The van der Waals surface area contributed by atoms with Crippen molar-refractivity contribution in [3.8, 4) is 11.8 Å². The molecular formula is C20H17N3O3. The van der Waals surface area contributed by atoms with Gasteiger partial charge in [-0.15, -0.1) is 0 Å². The number of rotatable bonds is 5. The van der Waals surface area contributed by atoms with Crippen molar-refractivity contribution >= 4 is 22.9 Å². The van der Waals surface area contributed by atoms with E-state index >= 15 is 0 Å². The Balaban J connectivity index is 1.77. The Bertz CT molecular complexity index is 1000. The maximum atomic E-state index is 12.3. The summed E-state index contributed by atoms with van der Waals surface area (Å²) in [5, 5.41) is 32.1. The lowest BCUT2D eigenvalue weighted by Crippen LogP contribution is -2.36. The molecule has 0 fully saturated rings. The molecule has 0 aliphatic carbocycles. The molecule has 6 heteroatoms. The summed E-state index contributed by atoms with van der Waals surface area (Å²) in [6.45, 7) is 0. The third-order valence-electron chi connectivity index (χ3n) is 3.93. The number of hydrogen-bond donors (Lipinski definition) is 4. The van der Waals surface area contributed by atoms with E-state index in [1.807, 2.05) is 36.4 Å². The van der Waals surface area contributed by atoms with E-state index in [9.17, 15) is 20.3 Å². The molecule has 2 aromatic carbocycles. The van der Waals surface area contributed by atoms with Crippen molar-refractivity contribution < 1.29 is 15.0 Å². The van der Waals surface area contributed by atoms with Gasteiger partial charge in [-0.05, 0) is 29.8 Å². The van der Waals surface area contributed by atoms with Crippen molar-refractivity contribution in [3.63, 3.8) is 0 Å². The number of aromatic hydroxyl groups is 1. The van der Waals surface area contributed by atoms with Gasteiger partial charge in [0.1, 0.15) is 23.6 Å². The highest BCUT2D eigenvalue weighted by Crippen LogP contribution is 2.24.